The number of carbonyl (C=O) groups excluding carboxylic acids is 1. The van der Waals surface area contributed by atoms with E-state index in [1.165, 1.54) is 6.39 Å². The molecule has 0 aromatic carbocycles. The van der Waals surface area contributed by atoms with Crippen molar-refractivity contribution in [1.82, 2.24) is 9.88 Å². The Morgan fingerprint density at radius 2 is 2.40 bits per heavy atom. The standard InChI is InChI=1S/C14H15N3O2S/c1-10-13(19-9-16-10)14(18)17(2)7-12-6-11(8-20-12)4-3-5-15/h6,8-9H,5,7,15H2,1-2H3. The van der Waals surface area contributed by atoms with Crippen LogP contribution in [0.3, 0.4) is 0 Å². The van der Waals surface area contributed by atoms with E-state index in [0.717, 1.165) is 10.4 Å². The van der Waals surface area contributed by atoms with Gasteiger partial charge in [-0.3, -0.25) is 4.79 Å². The summed E-state index contributed by atoms with van der Waals surface area (Å²) >= 11 is 1.56. The molecule has 0 aliphatic rings. The van der Waals surface area contributed by atoms with Crippen molar-refractivity contribution in [1.29, 1.82) is 0 Å². The molecule has 2 heterocycles. The van der Waals surface area contributed by atoms with Crippen LogP contribution in [0.2, 0.25) is 0 Å². The third-order valence-corrected chi connectivity index (χ3v) is 3.59. The van der Waals surface area contributed by atoms with Gasteiger partial charge >= 0.3 is 0 Å². The zero-order chi connectivity index (χ0) is 14.5. The Labute approximate surface area is 121 Å². The molecule has 2 rings (SSSR count). The molecule has 2 aromatic heterocycles. The van der Waals surface area contributed by atoms with Gasteiger partial charge in [-0.05, 0) is 13.0 Å². The van der Waals surface area contributed by atoms with E-state index in [-0.39, 0.29) is 11.7 Å². The zero-order valence-corrected chi connectivity index (χ0v) is 12.2. The number of rotatable bonds is 3. The maximum atomic E-state index is 12.2. The highest BCUT2D eigenvalue weighted by Crippen LogP contribution is 2.17. The molecule has 104 valence electrons. The minimum Gasteiger partial charge on any atom is -0.438 e. The molecule has 0 aliphatic carbocycles. The smallest absolute Gasteiger partial charge is 0.291 e. The molecule has 0 aliphatic heterocycles. The Morgan fingerprint density at radius 1 is 1.60 bits per heavy atom. The summed E-state index contributed by atoms with van der Waals surface area (Å²) in [5.41, 5.74) is 6.86. The average molecular weight is 289 g/mol. The molecule has 1 amide bonds. The number of amides is 1. The van der Waals surface area contributed by atoms with Gasteiger partial charge in [-0.1, -0.05) is 11.8 Å². The lowest BCUT2D eigenvalue weighted by molar-refractivity contribution is 0.0754. The number of carbonyl (C=O) groups is 1. The van der Waals surface area contributed by atoms with Crippen LogP contribution in [-0.4, -0.2) is 29.4 Å². The summed E-state index contributed by atoms with van der Waals surface area (Å²) in [6.07, 6.45) is 1.28. The van der Waals surface area contributed by atoms with Crippen LogP contribution in [-0.2, 0) is 6.54 Å². The van der Waals surface area contributed by atoms with Gasteiger partial charge in [-0.25, -0.2) is 4.98 Å². The molecule has 0 atom stereocenters. The lowest BCUT2D eigenvalue weighted by Gasteiger charge is -2.14. The Hall–Kier alpha value is -2.10. The minimum atomic E-state index is -0.178. The molecule has 0 fully saturated rings. The fraction of sp³-hybridized carbons (Fsp3) is 0.286. The van der Waals surface area contributed by atoms with Crippen LogP contribution in [0.4, 0.5) is 0 Å². The Balaban J connectivity index is 2.04. The lowest BCUT2D eigenvalue weighted by Crippen LogP contribution is -2.26. The number of nitrogens with zero attached hydrogens (tertiary/aromatic N) is 2. The third-order valence-electron chi connectivity index (χ3n) is 2.67. The van der Waals surface area contributed by atoms with Gasteiger partial charge < -0.3 is 15.1 Å². The molecule has 20 heavy (non-hydrogen) atoms. The second-order valence-electron chi connectivity index (χ2n) is 4.24. The highest BCUT2D eigenvalue weighted by atomic mass is 32.1. The van der Waals surface area contributed by atoms with E-state index in [1.54, 1.807) is 30.2 Å². The fourth-order valence-corrected chi connectivity index (χ4v) is 2.54. The largest absolute Gasteiger partial charge is 0.438 e. The normalized spacial score (nSPS) is 9.95. The zero-order valence-electron chi connectivity index (χ0n) is 11.3. The van der Waals surface area contributed by atoms with Crippen LogP contribution < -0.4 is 5.73 Å². The summed E-state index contributed by atoms with van der Waals surface area (Å²) < 4.78 is 5.11. The summed E-state index contributed by atoms with van der Waals surface area (Å²) in [7, 11) is 1.73. The first kappa shape index (κ1) is 14.3. The minimum absolute atomic E-state index is 0.178. The Morgan fingerprint density at radius 3 is 3.05 bits per heavy atom. The van der Waals surface area contributed by atoms with Crippen molar-refractivity contribution < 1.29 is 9.21 Å². The SMILES string of the molecule is Cc1ncoc1C(=O)N(C)Cc1cc(C#CCN)cs1. The van der Waals surface area contributed by atoms with Crippen molar-refractivity contribution in [3.8, 4) is 11.8 Å². The molecule has 0 unspecified atom stereocenters. The van der Waals surface area contributed by atoms with Gasteiger partial charge in [0.25, 0.3) is 5.91 Å². The van der Waals surface area contributed by atoms with Crippen LogP contribution in [0, 0.1) is 18.8 Å². The molecule has 2 N–H and O–H groups in total. The molecular formula is C14H15N3O2S. The van der Waals surface area contributed by atoms with Gasteiger partial charge in [0.15, 0.2) is 6.39 Å². The molecular weight excluding hydrogens is 274 g/mol. The van der Waals surface area contributed by atoms with Crippen molar-refractivity contribution in [2.75, 3.05) is 13.6 Å². The number of hydrogen-bond donors (Lipinski definition) is 1. The molecule has 6 heteroatoms. The van der Waals surface area contributed by atoms with Gasteiger partial charge in [-0.15, -0.1) is 11.3 Å². The molecule has 0 radical (unpaired) electrons. The summed E-state index contributed by atoms with van der Waals surface area (Å²) in [6, 6.07) is 1.96. The fourth-order valence-electron chi connectivity index (χ4n) is 1.67. The highest BCUT2D eigenvalue weighted by Gasteiger charge is 2.18. The van der Waals surface area contributed by atoms with Gasteiger partial charge in [0.1, 0.15) is 0 Å². The van der Waals surface area contributed by atoms with E-state index < -0.39 is 0 Å². The van der Waals surface area contributed by atoms with Crippen LogP contribution in [0.1, 0.15) is 26.7 Å². The summed E-state index contributed by atoms with van der Waals surface area (Å²) in [5.74, 6) is 5.88. The summed E-state index contributed by atoms with van der Waals surface area (Å²) in [5, 5.41) is 1.95. The van der Waals surface area contributed by atoms with E-state index in [4.69, 9.17) is 10.2 Å². The van der Waals surface area contributed by atoms with Gasteiger partial charge in [0, 0.05) is 22.9 Å². The first-order valence-corrected chi connectivity index (χ1v) is 6.91. The molecule has 0 bridgehead atoms. The second kappa shape index (κ2) is 6.37. The first-order valence-electron chi connectivity index (χ1n) is 6.03. The van der Waals surface area contributed by atoms with Crippen molar-refractivity contribution in [3.05, 3.63) is 39.7 Å². The maximum absolute atomic E-state index is 12.2. The summed E-state index contributed by atoms with van der Waals surface area (Å²) in [4.78, 5) is 18.7. The number of nitrogens with two attached hydrogens (primary N) is 1. The van der Waals surface area contributed by atoms with Gasteiger partial charge in [0.2, 0.25) is 5.76 Å². The number of thiophene rings is 1. The van der Waals surface area contributed by atoms with Crippen molar-refractivity contribution >= 4 is 17.2 Å². The topological polar surface area (TPSA) is 72.4 Å². The third kappa shape index (κ3) is 3.26. The summed E-state index contributed by atoms with van der Waals surface area (Å²) in [6.45, 7) is 2.60. The van der Waals surface area contributed by atoms with Crippen molar-refractivity contribution in [2.24, 2.45) is 5.73 Å². The predicted molar refractivity (Wildman–Crippen MR) is 77.3 cm³/mol. The van der Waals surface area contributed by atoms with E-state index >= 15 is 0 Å². The van der Waals surface area contributed by atoms with E-state index in [2.05, 4.69) is 16.8 Å². The highest BCUT2D eigenvalue weighted by molar-refractivity contribution is 7.10. The van der Waals surface area contributed by atoms with Crippen LogP contribution >= 0.6 is 11.3 Å². The average Bonchev–Trinajstić information content (AvgIpc) is 3.04. The van der Waals surface area contributed by atoms with Crippen LogP contribution in [0.15, 0.2) is 22.3 Å². The second-order valence-corrected chi connectivity index (χ2v) is 5.23. The Kier molecular flexibility index (Phi) is 4.56. The molecule has 0 saturated carbocycles. The first-order chi connectivity index (χ1) is 9.61. The predicted octanol–water partition coefficient (Wildman–Crippen LogP) is 1.63. The quantitative estimate of drug-likeness (QED) is 0.872. The molecule has 0 saturated heterocycles. The number of oxazole rings is 1. The number of aryl methyl sites for hydroxylation is 1. The molecule has 5 nitrogen and oxygen atoms in total. The van der Waals surface area contributed by atoms with Crippen molar-refractivity contribution in [2.45, 2.75) is 13.5 Å². The van der Waals surface area contributed by atoms with Crippen molar-refractivity contribution in [3.63, 3.8) is 0 Å². The molecule has 0 spiro atoms. The monoisotopic (exact) mass is 289 g/mol. The number of aromatic nitrogens is 1. The van der Waals surface area contributed by atoms with Crippen LogP contribution in [0.5, 0.6) is 0 Å². The van der Waals surface area contributed by atoms with E-state index in [0.29, 0.717) is 18.8 Å². The van der Waals surface area contributed by atoms with Gasteiger partial charge in [0.05, 0.1) is 18.8 Å². The Bertz CT molecular complexity index is 663. The van der Waals surface area contributed by atoms with E-state index in [1.807, 2.05) is 11.4 Å². The van der Waals surface area contributed by atoms with E-state index in [9.17, 15) is 4.79 Å². The lowest BCUT2D eigenvalue weighted by atomic mass is 10.3. The maximum Gasteiger partial charge on any atom is 0.291 e. The van der Waals surface area contributed by atoms with Gasteiger partial charge in [-0.2, -0.15) is 0 Å². The van der Waals surface area contributed by atoms with Crippen LogP contribution in [0.25, 0.3) is 0 Å². The molecule has 2 aromatic rings. The number of hydrogen-bond acceptors (Lipinski definition) is 5.